The minimum atomic E-state index is -0.418. The summed E-state index contributed by atoms with van der Waals surface area (Å²) >= 11 is 8.09. The number of nitrogens with one attached hydrogen (secondary N) is 1. The third-order valence-corrected chi connectivity index (χ3v) is 6.15. The molecule has 0 spiro atoms. The van der Waals surface area contributed by atoms with E-state index in [4.69, 9.17) is 11.6 Å². The SMILES string of the molecule is CCCSN(CCC)c1ccc(C(=O)Nc2ccc(Cl)c(-c3ccc(F)cn3)c2)cc1. The molecule has 3 aromatic rings. The first-order valence-corrected chi connectivity index (χ1v) is 11.6. The Morgan fingerprint density at radius 1 is 1.10 bits per heavy atom. The van der Waals surface area contributed by atoms with Gasteiger partial charge in [0, 0.05) is 34.8 Å². The Morgan fingerprint density at radius 3 is 2.52 bits per heavy atom. The number of aromatic nitrogens is 1. The van der Waals surface area contributed by atoms with Crippen LogP contribution in [0.5, 0.6) is 0 Å². The Bertz CT molecular complexity index is 1010. The van der Waals surface area contributed by atoms with E-state index in [0.717, 1.165) is 37.0 Å². The van der Waals surface area contributed by atoms with Crippen LogP contribution in [0.4, 0.5) is 15.8 Å². The number of hydrogen-bond donors (Lipinski definition) is 1. The van der Waals surface area contributed by atoms with Crippen LogP contribution < -0.4 is 9.62 Å². The predicted octanol–water partition coefficient (Wildman–Crippen LogP) is 7.07. The lowest BCUT2D eigenvalue weighted by Gasteiger charge is -2.22. The number of halogens is 2. The van der Waals surface area contributed by atoms with E-state index in [-0.39, 0.29) is 5.91 Å². The van der Waals surface area contributed by atoms with Crippen LogP contribution in [-0.4, -0.2) is 23.2 Å². The minimum absolute atomic E-state index is 0.213. The van der Waals surface area contributed by atoms with Crippen molar-refractivity contribution in [1.29, 1.82) is 0 Å². The van der Waals surface area contributed by atoms with Crippen molar-refractivity contribution >= 4 is 40.8 Å². The van der Waals surface area contributed by atoms with Gasteiger partial charge in [0.15, 0.2) is 0 Å². The zero-order chi connectivity index (χ0) is 22.2. The topological polar surface area (TPSA) is 45.2 Å². The van der Waals surface area contributed by atoms with Crippen LogP contribution in [0.1, 0.15) is 37.0 Å². The molecule has 3 rings (SSSR count). The van der Waals surface area contributed by atoms with Gasteiger partial charge in [-0.25, -0.2) is 4.39 Å². The molecule has 1 amide bonds. The van der Waals surface area contributed by atoms with Crippen molar-refractivity contribution in [3.05, 3.63) is 77.2 Å². The van der Waals surface area contributed by atoms with E-state index in [2.05, 4.69) is 28.5 Å². The second kappa shape index (κ2) is 11.2. The van der Waals surface area contributed by atoms with Gasteiger partial charge < -0.3 is 9.62 Å². The molecule has 7 heteroatoms. The summed E-state index contributed by atoms with van der Waals surface area (Å²) in [5.41, 5.74) is 3.40. The molecule has 0 aliphatic carbocycles. The maximum atomic E-state index is 13.2. The van der Waals surface area contributed by atoms with Gasteiger partial charge in [-0.3, -0.25) is 9.78 Å². The number of amides is 1. The number of carbonyl (C=O) groups excluding carboxylic acids is 1. The normalized spacial score (nSPS) is 10.7. The Labute approximate surface area is 192 Å². The van der Waals surface area contributed by atoms with E-state index >= 15 is 0 Å². The maximum Gasteiger partial charge on any atom is 0.255 e. The second-order valence-corrected chi connectivity index (χ2v) is 8.51. The molecule has 1 aromatic heterocycles. The first-order chi connectivity index (χ1) is 15.0. The Hall–Kier alpha value is -2.57. The average molecular weight is 458 g/mol. The summed E-state index contributed by atoms with van der Waals surface area (Å²) in [5.74, 6) is 0.429. The number of benzene rings is 2. The van der Waals surface area contributed by atoms with Gasteiger partial charge in [-0.15, -0.1) is 0 Å². The zero-order valence-corrected chi connectivity index (χ0v) is 19.1. The van der Waals surface area contributed by atoms with Gasteiger partial charge in [-0.1, -0.05) is 25.4 Å². The van der Waals surface area contributed by atoms with Crippen LogP contribution in [0.15, 0.2) is 60.8 Å². The Balaban J connectivity index is 1.74. The van der Waals surface area contributed by atoms with Crippen LogP contribution in [0.2, 0.25) is 5.02 Å². The second-order valence-electron chi connectivity index (χ2n) is 6.99. The van der Waals surface area contributed by atoms with Crippen LogP contribution in [0.3, 0.4) is 0 Å². The highest BCUT2D eigenvalue weighted by Gasteiger charge is 2.12. The van der Waals surface area contributed by atoms with E-state index < -0.39 is 5.82 Å². The van der Waals surface area contributed by atoms with Crippen molar-refractivity contribution < 1.29 is 9.18 Å². The van der Waals surface area contributed by atoms with E-state index in [1.54, 1.807) is 24.3 Å². The monoisotopic (exact) mass is 457 g/mol. The third-order valence-electron chi connectivity index (χ3n) is 4.52. The van der Waals surface area contributed by atoms with Gasteiger partial charge in [-0.05, 0) is 79.4 Å². The molecule has 0 radical (unpaired) electrons. The first-order valence-electron chi connectivity index (χ1n) is 10.2. The fraction of sp³-hybridized carbons (Fsp3) is 0.250. The van der Waals surface area contributed by atoms with Gasteiger partial charge in [0.25, 0.3) is 5.91 Å². The maximum absolute atomic E-state index is 13.2. The third kappa shape index (κ3) is 6.21. The van der Waals surface area contributed by atoms with Crippen LogP contribution in [-0.2, 0) is 0 Å². The highest BCUT2D eigenvalue weighted by atomic mass is 35.5. The number of nitrogens with zero attached hydrogens (tertiary/aromatic N) is 2. The lowest BCUT2D eigenvalue weighted by atomic mass is 10.1. The van der Waals surface area contributed by atoms with E-state index in [1.165, 1.54) is 6.07 Å². The molecule has 1 N–H and O–H groups in total. The predicted molar refractivity (Wildman–Crippen MR) is 129 cm³/mol. The molecular weight excluding hydrogens is 433 g/mol. The van der Waals surface area contributed by atoms with Gasteiger partial charge in [0.1, 0.15) is 5.82 Å². The number of rotatable bonds is 9. The smallest absolute Gasteiger partial charge is 0.255 e. The minimum Gasteiger partial charge on any atom is -0.322 e. The fourth-order valence-electron chi connectivity index (χ4n) is 2.99. The summed E-state index contributed by atoms with van der Waals surface area (Å²) < 4.78 is 15.4. The number of hydrogen-bond acceptors (Lipinski definition) is 4. The van der Waals surface area contributed by atoms with Gasteiger partial charge in [0.05, 0.1) is 16.9 Å². The van der Waals surface area contributed by atoms with Crippen molar-refractivity contribution in [2.24, 2.45) is 0 Å². The largest absolute Gasteiger partial charge is 0.322 e. The number of anilines is 2. The van der Waals surface area contributed by atoms with Crippen molar-refractivity contribution in [2.45, 2.75) is 26.7 Å². The molecule has 0 aliphatic heterocycles. The van der Waals surface area contributed by atoms with E-state index in [0.29, 0.717) is 27.5 Å². The quantitative estimate of drug-likeness (QED) is 0.349. The molecule has 4 nitrogen and oxygen atoms in total. The molecule has 162 valence electrons. The molecule has 0 aliphatic rings. The summed E-state index contributed by atoms with van der Waals surface area (Å²) in [5, 5.41) is 3.37. The first kappa shape index (κ1) is 23.1. The van der Waals surface area contributed by atoms with Crippen molar-refractivity contribution in [2.75, 3.05) is 21.9 Å². The van der Waals surface area contributed by atoms with Crippen molar-refractivity contribution in [3.63, 3.8) is 0 Å². The summed E-state index contributed by atoms with van der Waals surface area (Å²) in [4.78, 5) is 16.8. The van der Waals surface area contributed by atoms with Crippen molar-refractivity contribution in [1.82, 2.24) is 4.98 Å². The van der Waals surface area contributed by atoms with Crippen LogP contribution in [0.25, 0.3) is 11.3 Å². The molecule has 1 heterocycles. The van der Waals surface area contributed by atoms with E-state index in [1.807, 2.05) is 36.2 Å². The van der Waals surface area contributed by atoms with Crippen molar-refractivity contribution in [3.8, 4) is 11.3 Å². The fourth-order valence-corrected chi connectivity index (χ4v) is 4.19. The molecule has 2 aromatic carbocycles. The molecule has 0 bridgehead atoms. The molecular formula is C24H25ClFN3OS. The molecule has 0 fully saturated rings. The summed E-state index contributed by atoms with van der Waals surface area (Å²) in [6, 6.07) is 15.6. The summed E-state index contributed by atoms with van der Waals surface area (Å²) in [7, 11) is 0. The van der Waals surface area contributed by atoms with Gasteiger partial charge in [-0.2, -0.15) is 0 Å². The van der Waals surface area contributed by atoms with Crippen LogP contribution >= 0.6 is 23.5 Å². The van der Waals surface area contributed by atoms with E-state index in [9.17, 15) is 9.18 Å². The lowest BCUT2D eigenvalue weighted by Crippen LogP contribution is -2.16. The Morgan fingerprint density at radius 2 is 1.87 bits per heavy atom. The molecule has 0 atom stereocenters. The highest BCUT2D eigenvalue weighted by molar-refractivity contribution is 8.00. The van der Waals surface area contributed by atoms with Gasteiger partial charge >= 0.3 is 0 Å². The zero-order valence-electron chi connectivity index (χ0n) is 17.6. The summed E-state index contributed by atoms with van der Waals surface area (Å²) in [6.45, 7) is 5.28. The van der Waals surface area contributed by atoms with Gasteiger partial charge in [0.2, 0.25) is 0 Å². The molecule has 31 heavy (non-hydrogen) atoms. The molecule has 0 unspecified atom stereocenters. The Kier molecular flexibility index (Phi) is 8.32. The average Bonchev–Trinajstić information content (AvgIpc) is 2.78. The molecule has 0 saturated carbocycles. The number of pyridine rings is 1. The molecule has 0 saturated heterocycles. The van der Waals surface area contributed by atoms with Crippen LogP contribution in [0, 0.1) is 5.82 Å². The lowest BCUT2D eigenvalue weighted by molar-refractivity contribution is 0.102. The number of carbonyl (C=O) groups is 1. The standard InChI is InChI=1S/C24H25ClFN3OS/c1-3-13-29(31-14-4-2)20-9-5-17(6-10-20)24(30)28-19-8-11-22(25)21(15-19)23-12-7-18(26)16-27-23/h5-12,15-16H,3-4,13-14H2,1-2H3,(H,28,30). The summed E-state index contributed by atoms with van der Waals surface area (Å²) in [6.07, 6.45) is 3.31. The highest BCUT2D eigenvalue weighted by Crippen LogP contribution is 2.30.